The smallest absolute Gasteiger partial charge is 0.160 e. The Kier molecular flexibility index (Phi) is 4.25. The topological polar surface area (TPSA) is 12.9 Å². The van der Waals surface area contributed by atoms with Crippen molar-refractivity contribution in [2.75, 3.05) is 5.75 Å². The van der Waals surface area contributed by atoms with Crippen molar-refractivity contribution in [2.24, 2.45) is 0 Å². The van der Waals surface area contributed by atoms with Gasteiger partial charge in [-0.3, -0.25) is 0 Å². The highest BCUT2D eigenvalue weighted by Crippen LogP contribution is 2.32. The molecular weight excluding hydrogens is 182 g/mol. The molecule has 10 heavy (non-hydrogen) atoms. The van der Waals surface area contributed by atoms with Crippen LogP contribution >= 0.6 is 32.9 Å². The maximum atomic E-state index is 4.15. The summed E-state index contributed by atoms with van der Waals surface area (Å²) in [4.78, 5) is 4.15. The van der Waals surface area contributed by atoms with Crippen LogP contribution in [0.4, 0.5) is 0 Å². The van der Waals surface area contributed by atoms with E-state index < -0.39 is 0 Å². The second-order valence-electron chi connectivity index (χ2n) is 1.70. The quantitative estimate of drug-likeness (QED) is 0.535. The first-order valence-corrected chi connectivity index (χ1v) is 6.32. The molecule has 1 heterocycles. The van der Waals surface area contributed by atoms with Gasteiger partial charge in [0.15, 0.2) is 4.34 Å². The largest absolute Gasteiger partial charge is 0.237 e. The van der Waals surface area contributed by atoms with Crippen molar-refractivity contribution in [1.82, 2.24) is 4.98 Å². The van der Waals surface area contributed by atoms with Gasteiger partial charge >= 0.3 is 0 Å². The van der Waals surface area contributed by atoms with E-state index in [-0.39, 0.29) is 0 Å². The van der Waals surface area contributed by atoms with Crippen molar-refractivity contribution in [3.8, 4) is 0 Å². The van der Waals surface area contributed by atoms with Gasteiger partial charge in [-0.15, -0.1) is 11.3 Å². The molecule has 1 nitrogen and oxygen atoms in total. The number of thiazole rings is 1. The maximum absolute atomic E-state index is 4.15. The van der Waals surface area contributed by atoms with Crippen molar-refractivity contribution in [2.45, 2.75) is 17.7 Å². The van der Waals surface area contributed by atoms with Crippen LogP contribution in [0.3, 0.4) is 0 Å². The third-order valence-corrected chi connectivity index (χ3v) is 4.52. The minimum atomic E-state index is 1.17. The Morgan fingerprint density at radius 3 is 3.20 bits per heavy atom. The van der Waals surface area contributed by atoms with Gasteiger partial charge < -0.3 is 0 Å². The van der Waals surface area contributed by atoms with Crippen LogP contribution in [0.5, 0.6) is 0 Å². The van der Waals surface area contributed by atoms with Crippen molar-refractivity contribution >= 4 is 32.9 Å². The summed E-state index contributed by atoms with van der Waals surface area (Å²) in [6, 6.07) is 0. The Hall–Kier alpha value is 0.330. The SMILES string of the molecule is CCCSSc1nccs1. The average molecular weight is 191 g/mol. The Morgan fingerprint density at radius 2 is 2.60 bits per heavy atom. The van der Waals surface area contributed by atoms with Crippen LogP contribution in [0, 0.1) is 0 Å². The summed E-state index contributed by atoms with van der Waals surface area (Å²) < 4.78 is 1.17. The molecule has 0 unspecified atom stereocenters. The summed E-state index contributed by atoms with van der Waals surface area (Å²) in [5.41, 5.74) is 0. The van der Waals surface area contributed by atoms with Crippen molar-refractivity contribution in [3.05, 3.63) is 11.6 Å². The minimum absolute atomic E-state index is 1.17. The van der Waals surface area contributed by atoms with Gasteiger partial charge in [0.25, 0.3) is 0 Å². The van der Waals surface area contributed by atoms with Gasteiger partial charge in [-0.05, 0) is 17.2 Å². The predicted octanol–water partition coefficient (Wildman–Crippen LogP) is 3.29. The van der Waals surface area contributed by atoms with Crippen molar-refractivity contribution in [1.29, 1.82) is 0 Å². The summed E-state index contributed by atoms with van der Waals surface area (Å²) in [5, 5.41) is 2.01. The van der Waals surface area contributed by atoms with Crippen LogP contribution in [0.15, 0.2) is 15.9 Å². The second-order valence-corrected chi connectivity index (χ2v) is 5.26. The molecule has 0 spiro atoms. The first-order valence-electron chi connectivity index (χ1n) is 3.12. The lowest BCUT2D eigenvalue weighted by molar-refractivity contribution is 1.11. The zero-order valence-corrected chi connectivity index (χ0v) is 8.19. The minimum Gasteiger partial charge on any atom is -0.237 e. The Morgan fingerprint density at radius 1 is 1.70 bits per heavy atom. The standard InChI is InChI=1S/C6H9NS3/c1-2-4-9-10-6-7-3-5-8-6/h3,5H,2,4H2,1H3. The van der Waals surface area contributed by atoms with Gasteiger partial charge in [0.1, 0.15) is 0 Å². The first-order chi connectivity index (χ1) is 4.93. The summed E-state index contributed by atoms with van der Waals surface area (Å²) in [6.07, 6.45) is 3.09. The third kappa shape index (κ3) is 2.94. The Labute approximate surface area is 73.0 Å². The second kappa shape index (κ2) is 5.04. The lowest BCUT2D eigenvalue weighted by Crippen LogP contribution is -1.67. The van der Waals surface area contributed by atoms with E-state index in [1.807, 2.05) is 22.4 Å². The van der Waals surface area contributed by atoms with E-state index in [4.69, 9.17) is 0 Å². The molecule has 0 aliphatic carbocycles. The average Bonchev–Trinajstić information content (AvgIpc) is 2.41. The van der Waals surface area contributed by atoms with Crippen LogP contribution in [0.2, 0.25) is 0 Å². The van der Waals surface area contributed by atoms with Gasteiger partial charge in [-0.1, -0.05) is 17.7 Å². The summed E-state index contributed by atoms with van der Waals surface area (Å²) in [7, 11) is 3.65. The number of rotatable bonds is 4. The molecule has 56 valence electrons. The summed E-state index contributed by atoms with van der Waals surface area (Å²) in [5.74, 6) is 1.21. The highest BCUT2D eigenvalue weighted by atomic mass is 33.1. The summed E-state index contributed by atoms with van der Waals surface area (Å²) in [6.45, 7) is 2.19. The van der Waals surface area contributed by atoms with E-state index in [0.717, 1.165) is 0 Å². The molecular formula is C6H9NS3. The van der Waals surface area contributed by atoms with Crippen LogP contribution in [0.1, 0.15) is 13.3 Å². The molecule has 0 aliphatic heterocycles. The third-order valence-electron chi connectivity index (χ3n) is 0.827. The van der Waals surface area contributed by atoms with Gasteiger partial charge in [0.05, 0.1) is 0 Å². The molecule has 0 aliphatic rings. The van der Waals surface area contributed by atoms with Crippen LogP contribution in [0.25, 0.3) is 0 Å². The normalized spacial score (nSPS) is 10.1. The number of hydrogen-bond acceptors (Lipinski definition) is 4. The monoisotopic (exact) mass is 191 g/mol. The van der Waals surface area contributed by atoms with Gasteiger partial charge in [-0.2, -0.15) is 0 Å². The number of hydrogen-bond donors (Lipinski definition) is 0. The molecule has 0 fully saturated rings. The first kappa shape index (κ1) is 8.43. The molecule has 0 saturated carbocycles. The van der Waals surface area contributed by atoms with E-state index in [2.05, 4.69) is 11.9 Å². The molecule has 4 heteroatoms. The predicted molar refractivity (Wildman–Crippen MR) is 50.7 cm³/mol. The number of aromatic nitrogens is 1. The molecule has 0 amide bonds. The van der Waals surface area contributed by atoms with E-state index in [1.165, 1.54) is 16.5 Å². The molecule has 1 rings (SSSR count). The fraction of sp³-hybridized carbons (Fsp3) is 0.500. The molecule has 0 aromatic carbocycles. The van der Waals surface area contributed by atoms with Crippen LogP contribution in [-0.4, -0.2) is 10.7 Å². The van der Waals surface area contributed by atoms with E-state index in [1.54, 1.807) is 22.1 Å². The van der Waals surface area contributed by atoms with Crippen molar-refractivity contribution in [3.63, 3.8) is 0 Å². The zero-order valence-electron chi connectivity index (χ0n) is 5.74. The van der Waals surface area contributed by atoms with Crippen molar-refractivity contribution < 1.29 is 0 Å². The molecule has 1 aromatic rings. The van der Waals surface area contributed by atoms with Crippen LogP contribution < -0.4 is 0 Å². The van der Waals surface area contributed by atoms with E-state index in [9.17, 15) is 0 Å². The maximum Gasteiger partial charge on any atom is 0.160 e. The fourth-order valence-electron chi connectivity index (χ4n) is 0.427. The molecule has 0 radical (unpaired) electrons. The van der Waals surface area contributed by atoms with Crippen LogP contribution in [-0.2, 0) is 0 Å². The summed E-state index contributed by atoms with van der Waals surface area (Å²) >= 11 is 1.70. The Bertz CT molecular complexity index is 162. The molecule has 0 saturated heterocycles. The Balaban J connectivity index is 2.15. The molecule has 0 bridgehead atoms. The molecule has 1 aromatic heterocycles. The highest BCUT2D eigenvalue weighted by Gasteiger charge is 1.94. The lowest BCUT2D eigenvalue weighted by atomic mass is 10.6. The number of nitrogens with zero attached hydrogens (tertiary/aromatic N) is 1. The van der Waals surface area contributed by atoms with Gasteiger partial charge in [-0.25, -0.2) is 4.98 Å². The highest BCUT2D eigenvalue weighted by molar-refractivity contribution is 8.77. The fourth-order valence-corrected chi connectivity index (χ4v) is 3.53. The van der Waals surface area contributed by atoms with Gasteiger partial charge in [0, 0.05) is 17.3 Å². The lowest BCUT2D eigenvalue weighted by Gasteiger charge is -1.91. The zero-order chi connectivity index (χ0) is 7.23. The van der Waals surface area contributed by atoms with Gasteiger partial charge in [0.2, 0.25) is 0 Å². The van der Waals surface area contributed by atoms with E-state index >= 15 is 0 Å². The molecule has 0 atom stereocenters. The van der Waals surface area contributed by atoms with E-state index in [0.29, 0.717) is 0 Å². The molecule has 0 N–H and O–H groups in total.